The summed E-state index contributed by atoms with van der Waals surface area (Å²) >= 11 is 0. The molecule has 3 nitrogen and oxygen atoms in total. The molecule has 0 aliphatic rings. The highest BCUT2D eigenvalue weighted by atomic mass is 16.5. The van der Waals surface area contributed by atoms with Crippen LogP contribution >= 0.6 is 0 Å². The van der Waals surface area contributed by atoms with Gasteiger partial charge in [0, 0.05) is 5.92 Å². The maximum atomic E-state index is 11.4. The maximum Gasteiger partial charge on any atom is 0.222 e. The normalized spacial score (nSPS) is 10.6. The highest BCUT2D eigenvalue weighted by Gasteiger charge is 2.08. The zero-order valence-electron chi connectivity index (χ0n) is 12.0. The molecule has 1 aromatic rings. The molecular weight excluding hydrogens is 226 g/mol. The largest absolute Gasteiger partial charge is 0.491 e. The maximum absolute atomic E-state index is 11.4. The number of nitrogens with one attached hydrogen (secondary N) is 1. The monoisotopic (exact) mass is 249 g/mol. The Morgan fingerprint density at radius 1 is 1.22 bits per heavy atom. The lowest BCUT2D eigenvalue weighted by Crippen LogP contribution is -2.31. The SMILES string of the molecule is Cc1ccc(C)c(OCCNC(=O)C(C)C)c1C. The van der Waals surface area contributed by atoms with Crippen LogP contribution in [0, 0.1) is 26.7 Å². The van der Waals surface area contributed by atoms with Crippen LogP contribution in [0.2, 0.25) is 0 Å². The molecule has 100 valence electrons. The third-order valence-electron chi connectivity index (χ3n) is 3.05. The molecule has 0 aliphatic heterocycles. The third kappa shape index (κ3) is 3.76. The molecule has 0 bridgehead atoms. The molecule has 1 rings (SSSR count). The standard InChI is InChI=1S/C15H23NO2/c1-10(2)15(17)16-8-9-18-14-12(4)7-6-11(3)13(14)5/h6-7,10H,8-9H2,1-5H3,(H,16,17). The molecule has 0 aliphatic carbocycles. The molecule has 3 heteroatoms. The van der Waals surface area contributed by atoms with Gasteiger partial charge in [-0.2, -0.15) is 0 Å². The summed E-state index contributed by atoms with van der Waals surface area (Å²) in [5.41, 5.74) is 3.53. The van der Waals surface area contributed by atoms with Gasteiger partial charge in [0.1, 0.15) is 12.4 Å². The number of rotatable bonds is 5. The minimum atomic E-state index is 0.0208. The van der Waals surface area contributed by atoms with E-state index in [0.29, 0.717) is 13.2 Å². The fourth-order valence-electron chi connectivity index (χ4n) is 1.68. The smallest absolute Gasteiger partial charge is 0.222 e. The fraction of sp³-hybridized carbons (Fsp3) is 0.533. The minimum absolute atomic E-state index is 0.0208. The fourth-order valence-corrected chi connectivity index (χ4v) is 1.68. The van der Waals surface area contributed by atoms with Gasteiger partial charge in [0.05, 0.1) is 6.54 Å². The van der Waals surface area contributed by atoms with E-state index in [0.717, 1.165) is 11.3 Å². The Morgan fingerprint density at radius 2 is 1.83 bits per heavy atom. The summed E-state index contributed by atoms with van der Waals surface area (Å²) in [5, 5.41) is 2.84. The summed E-state index contributed by atoms with van der Waals surface area (Å²) in [6.07, 6.45) is 0. The Hall–Kier alpha value is -1.51. The van der Waals surface area contributed by atoms with Crippen molar-refractivity contribution in [1.82, 2.24) is 5.32 Å². The summed E-state index contributed by atoms with van der Waals surface area (Å²) < 4.78 is 5.76. The van der Waals surface area contributed by atoms with E-state index in [2.05, 4.69) is 31.3 Å². The first-order valence-electron chi connectivity index (χ1n) is 6.40. The van der Waals surface area contributed by atoms with E-state index < -0.39 is 0 Å². The Bertz CT molecular complexity index is 425. The summed E-state index contributed by atoms with van der Waals surface area (Å²) in [4.78, 5) is 11.4. The Morgan fingerprint density at radius 3 is 2.44 bits per heavy atom. The summed E-state index contributed by atoms with van der Waals surface area (Å²) in [5.74, 6) is 1.03. The van der Waals surface area contributed by atoms with Crippen molar-refractivity contribution in [3.8, 4) is 5.75 Å². The van der Waals surface area contributed by atoms with Gasteiger partial charge in [-0.25, -0.2) is 0 Å². The van der Waals surface area contributed by atoms with Crippen molar-refractivity contribution < 1.29 is 9.53 Å². The van der Waals surface area contributed by atoms with Gasteiger partial charge in [-0.05, 0) is 37.5 Å². The molecule has 1 N–H and O–H groups in total. The Kier molecular flexibility index (Phi) is 5.20. The molecule has 0 spiro atoms. The Labute approximate surface area is 110 Å². The van der Waals surface area contributed by atoms with Gasteiger partial charge in [0.2, 0.25) is 5.91 Å². The van der Waals surface area contributed by atoms with Crippen LogP contribution in [0.1, 0.15) is 30.5 Å². The lowest BCUT2D eigenvalue weighted by atomic mass is 10.1. The highest BCUT2D eigenvalue weighted by Crippen LogP contribution is 2.25. The molecule has 0 atom stereocenters. The van der Waals surface area contributed by atoms with Gasteiger partial charge in [0.25, 0.3) is 0 Å². The van der Waals surface area contributed by atoms with Crippen LogP contribution in [-0.4, -0.2) is 19.1 Å². The topological polar surface area (TPSA) is 38.3 Å². The minimum Gasteiger partial charge on any atom is -0.491 e. The van der Waals surface area contributed by atoms with E-state index >= 15 is 0 Å². The van der Waals surface area contributed by atoms with Crippen molar-refractivity contribution in [3.63, 3.8) is 0 Å². The summed E-state index contributed by atoms with van der Waals surface area (Å²) in [6.45, 7) is 11.0. The molecule has 0 radical (unpaired) electrons. The van der Waals surface area contributed by atoms with Crippen molar-refractivity contribution >= 4 is 5.91 Å². The van der Waals surface area contributed by atoms with Gasteiger partial charge < -0.3 is 10.1 Å². The van der Waals surface area contributed by atoms with Crippen molar-refractivity contribution in [2.75, 3.05) is 13.2 Å². The molecule has 1 amide bonds. The lowest BCUT2D eigenvalue weighted by Gasteiger charge is -2.14. The molecule has 0 unspecified atom stereocenters. The molecule has 0 fully saturated rings. The summed E-state index contributed by atoms with van der Waals surface area (Å²) in [7, 11) is 0. The first-order valence-corrected chi connectivity index (χ1v) is 6.40. The predicted molar refractivity (Wildman–Crippen MR) is 74.0 cm³/mol. The molecule has 0 heterocycles. The number of carbonyl (C=O) groups excluding carboxylic acids is 1. The van der Waals surface area contributed by atoms with E-state index in [1.54, 1.807) is 0 Å². The lowest BCUT2D eigenvalue weighted by molar-refractivity contribution is -0.124. The van der Waals surface area contributed by atoms with Crippen molar-refractivity contribution in [2.24, 2.45) is 5.92 Å². The number of amides is 1. The zero-order chi connectivity index (χ0) is 13.7. The molecule has 18 heavy (non-hydrogen) atoms. The van der Waals surface area contributed by atoms with Crippen LogP contribution in [-0.2, 0) is 4.79 Å². The van der Waals surface area contributed by atoms with Crippen molar-refractivity contribution in [3.05, 3.63) is 28.8 Å². The number of benzene rings is 1. The van der Waals surface area contributed by atoms with Crippen molar-refractivity contribution in [1.29, 1.82) is 0 Å². The van der Waals surface area contributed by atoms with E-state index in [1.165, 1.54) is 11.1 Å². The third-order valence-corrected chi connectivity index (χ3v) is 3.05. The van der Waals surface area contributed by atoms with Crippen LogP contribution in [0.3, 0.4) is 0 Å². The van der Waals surface area contributed by atoms with Gasteiger partial charge in [0.15, 0.2) is 0 Å². The summed E-state index contributed by atoms with van der Waals surface area (Å²) in [6, 6.07) is 4.16. The van der Waals surface area contributed by atoms with Crippen LogP contribution in [0.15, 0.2) is 12.1 Å². The first-order chi connectivity index (χ1) is 8.43. The number of carbonyl (C=O) groups is 1. The average molecular weight is 249 g/mol. The second-order valence-electron chi connectivity index (χ2n) is 4.95. The predicted octanol–water partition coefficient (Wildman–Crippen LogP) is 2.76. The van der Waals surface area contributed by atoms with E-state index in [4.69, 9.17) is 4.74 Å². The van der Waals surface area contributed by atoms with E-state index in [-0.39, 0.29) is 11.8 Å². The number of ether oxygens (including phenoxy) is 1. The van der Waals surface area contributed by atoms with Crippen LogP contribution in [0.25, 0.3) is 0 Å². The number of hydrogen-bond donors (Lipinski definition) is 1. The molecule has 0 saturated heterocycles. The van der Waals surface area contributed by atoms with Crippen LogP contribution < -0.4 is 10.1 Å². The van der Waals surface area contributed by atoms with Gasteiger partial charge in [-0.3, -0.25) is 4.79 Å². The number of hydrogen-bond acceptors (Lipinski definition) is 2. The van der Waals surface area contributed by atoms with Gasteiger partial charge >= 0.3 is 0 Å². The molecule has 1 aromatic carbocycles. The van der Waals surface area contributed by atoms with Crippen LogP contribution in [0.5, 0.6) is 5.75 Å². The van der Waals surface area contributed by atoms with Crippen molar-refractivity contribution in [2.45, 2.75) is 34.6 Å². The molecule has 0 saturated carbocycles. The van der Waals surface area contributed by atoms with Gasteiger partial charge in [-0.1, -0.05) is 26.0 Å². The zero-order valence-corrected chi connectivity index (χ0v) is 12.0. The molecular formula is C15H23NO2. The quantitative estimate of drug-likeness (QED) is 0.815. The molecule has 0 aromatic heterocycles. The Balaban J connectivity index is 2.50. The van der Waals surface area contributed by atoms with E-state index in [9.17, 15) is 4.79 Å². The van der Waals surface area contributed by atoms with Gasteiger partial charge in [-0.15, -0.1) is 0 Å². The highest BCUT2D eigenvalue weighted by molar-refractivity contribution is 5.77. The number of aryl methyl sites for hydroxylation is 2. The van der Waals surface area contributed by atoms with Crippen LogP contribution in [0.4, 0.5) is 0 Å². The second kappa shape index (κ2) is 6.43. The average Bonchev–Trinajstić information content (AvgIpc) is 2.32. The second-order valence-corrected chi connectivity index (χ2v) is 4.95. The van der Waals surface area contributed by atoms with E-state index in [1.807, 2.05) is 20.8 Å². The first kappa shape index (κ1) is 14.6.